The van der Waals surface area contributed by atoms with Gasteiger partial charge in [0.05, 0.1) is 16.0 Å². The molecule has 0 amide bonds. The van der Waals surface area contributed by atoms with E-state index in [1.165, 1.54) is 12.1 Å². The van der Waals surface area contributed by atoms with Gasteiger partial charge in [-0.15, -0.1) is 0 Å². The van der Waals surface area contributed by atoms with Crippen LogP contribution in [0.1, 0.15) is 0 Å². The van der Waals surface area contributed by atoms with E-state index in [0.29, 0.717) is 22.6 Å². The third-order valence-electron chi connectivity index (χ3n) is 4.21. The highest BCUT2D eigenvalue weighted by Gasteiger charge is 2.07. The molecule has 0 bridgehead atoms. The molecule has 0 N–H and O–H groups in total. The predicted molar refractivity (Wildman–Crippen MR) is 108 cm³/mol. The first kappa shape index (κ1) is 17.4. The average molecular weight is 368 g/mol. The third kappa shape index (κ3) is 3.88. The zero-order valence-corrected chi connectivity index (χ0v) is 14.9. The van der Waals surface area contributed by atoms with Crippen molar-refractivity contribution in [3.8, 4) is 22.6 Å². The fraction of sp³-hybridized carbons (Fsp3) is 0. The van der Waals surface area contributed by atoms with Crippen LogP contribution in [0.2, 0.25) is 0 Å². The summed E-state index contributed by atoms with van der Waals surface area (Å²) >= 11 is 0. The highest BCUT2D eigenvalue weighted by Crippen LogP contribution is 2.25. The second-order valence-electron chi connectivity index (χ2n) is 6.16. The molecule has 0 radical (unpaired) electrons. The molecule has 28 heavy (non-hydrogen) atoms. The summed E-state index contributed by atoms with van der Waals surface area (Å²) in [7, 11) is 0. The van der Waals surface area contributed by atoms with Crippen LogP contribution in [-0.4, -0.2) is 4.92 Å². The van der Waals surface area contributed by atoms with E-state index in [0.717, 1.165) is 11.1 Å². The van der Waals surface area contributed by atoms with Crippen molar-refractivity contribution in [2.24, 2.45) is 4.99 Å². The highest BCUT2D eigenvalue weighted by molar-refractivity contribution is 5.62. The SMILES string of the molecule is O=[N+]([O-])c1ccc(N=c2cc(-c3ccccc3)oc(-c3ccccc3)c2)cc1. The molecule has 0 atom stereocenters. The van der Waals surface area contributed by atoms with Gasteiger partial charge in [-0.1, -0.05) is 60.7 Å². The summed E-state index contributed by atoms with van der Waals surface area (Å²) < 4.78 is 6.13. The quantitative estimate of drug-likeness (QED) is 0.340. The Morgan fingerprint density at radius 1 is 0.714 bits per heavy atom. The number of nitro benzene ring substituents is 1. The molecule has 4 rings (SSSR count). The number of non-ortho nitro benzene ring substituents is 1. The van der Waals surface area contributed by atoms with Crippen molar-refractivity contribution in [2.75, 3.05) is 0 Å². The summed E-state index contributed by atoms with van der Waals surface area (Å²) in [5.41, 5.74) is 2.56. The van der Waals surface area contributed by atoms with E-state index in [4.69, 9.17) is 4.42 Å². The number of nitrogens with zero attached hydrogens (tertiary/aromatic N) is 2. The van der Waals surface area contributed by atoms with Crippen LogP contribution in [-0.2, 0) is 0 Å². The zero-order valence-electron chi connectivity index (χ0n) is 14.9. The molecule has 0 aliphatic carbocycles. The van der Waals surface area contributed by atoms with Crippen LogP contribution in [0.15, 0.2) is 106 Å². The molecular weight excluding hydrogens is 352 g/mol. The van der Waals surface area contributed by atoms with Crippen molar-refractivity contribution in [3.63, 3.8) is 0 Å². The molecule has 0 saturated carbocycles. The lowest BCUT2D eigenvalue weighted by Gasteiger charge is -2.06. The summed E-state index contributed by atoms with van der Waals surface area (Å²) in [4.78, 5) is 15.0. The number of hydrogen-bond acceptors (Lipinski definition) is 4. The molecule has 0 aliphatic rings. The summed E-state index contributed by atoms with van der Waals surface area (Å²) in [5.74, 6) is 1.39. The number of hydrogen-bond donors (Lipinski definition) is 0. The minimum atomic E-state index is -0.424. The Labute approximate surface area is 161 Å². The number of nitro groups is 1. The zero-order chi connectivity index (χ0) is 19.3. The molecular formula is C23H16N2O3. The molecule has 0 spiro atoms. The summed E-state index contributed by atoms with van der Waals surface area (Å²) in [6, 6.07) is 29.5. The molecule has 136 valence electrons. The Balaban J connectivity index is 1.85. The van der Waals surface area contributed by atoms with E-state index in [1.54, 1.807) is 12.1 Å². The molecule has 0 saturated heterocycles. The lowest BCUT2D eigenvalue weighted by atomic mass is 10.1. The number of benzene rings is 3. The highest BCUT2D eigenvalue weighted by atomic mass is 16.6. The normalized spacial score (nSPS) is 10.4. The van der Waals surface area contributed by atoms with Gasteiger partial charge < -0.3 is 4.42 Å². The van der Waals surface area contributed by atoms with Gasteiger partial charge in [-0.3, -0.25) is 10.1 Å². The van der Waals surface area contributed by atoms with Crippen LogP contribution in [0.25, 0.3) is 22.6 Å². The summed E-state index contributed by atoms with van der Waals surface area (Å²) in [6.07, 6.45) is 0. The Hall–Kier alpha value is -3.99. The maximum atomic E-state index is 10.8. The van der Waals surface area contributed by atoms with E-state index in [1.807, 2.05) is 72.8 Å². The molecule has 3 aromatic carbocycles. The monoisotopic (exact) mass is 368 g/mol. The average Bonchev–Trinajstić information content (AvgIpc) is 2.75. The van der Waals surface area contributed by atoms with E-state index >= 15 is 0 Å². The van der Waals surface area contributed by atoms with Gasteiger partial charge in [0, 0.05) is 35.4 Å². The van der Waals surface area contributed by atoms with E-state index < -0.39 is 4.92 Å². The maximum absolute atomic E-state index is 10.8. The van der Waals surface area contributed by atoms with Crippen molar-refractivity contribution < 1.29 is 9.34 Å². The van der Waals surface area contributed by atoms with Crippen LogP contribution in [0, 0.1) is 10.1 Å². The molecule has 0 fully saturated rings. The fourth-order valence-corrected chi connectivity index (χ4v) is 2.84. The largest absolute Gasteiger partial charge is 0.456 e. The van der Waals surface area contributed by atoms with Crippen molar-refractivity contribution >= 4 is 11.4 Å². The van der Waals surface area contributed by atoms with Crippen LogP contribution < -0.4 is 5.36 Å². The van der Waals surface area contributed by atoms with Gasteiger partial charge in [0.15, 0.2) is 0 Å². The number of rotatable bonds is 4. The molecule has 1 aromatic heterocycles. The van der Waals surface area contributed by atoms with E-state index in [2.05, 4.69) is 4.99 Å². The van der Waals surface area contributed by atoms with Gasteiger partial charge in [-0.2, -0.15) is 0 Å². The summed E-state index contributed by atoms with van der Waals surface area (Å²) in [6.45, 7) is 0. The standard InChI is InChI=1S/C23H16N2O3/c26-25(27)21-13-11-19(12-14-21)24-20-15-22(17-7-3-1-4-8-17)28-23(16-20)18-9-5-2-6-10-18/h1-16H. The Morgan fingerprint density at radius 2 is 1.21 bits per heavy atom. The van der Waals surface area contributed by atoms with Crippen molar-refractivity contribution in [1.82, 2.24) is 0 Å². The van der Waals surface area contributed by atoms with Crippen LogP contribution >= 0.6 is 0 Å². The Kier molecular flexibility index (Phi) is 4.80. The smallest absolute Gasteiger partial charge is 0.269 e. The van der Waals surface area contributed by atoms with Gasteiger partial charge in [-0.25, -0.2) is 4.99 Å². The van der Waals surface area contributed by atoms with Gasteiger partial charge in [0.1, 0.15) is 11.5 Å². The fourth-order valence-electron chi connectivity index (χ4n) is 2.84. The van der Waals surface area contributed by atoms with Crippen LogP contribution in [0.3, 0.4) is 0 Å². The third-order valence-corrected chi connectivity index (χ3v) is 4.21. The van der Waals surface area contributed by atoms with E-state index in [9.17, 15) is 10.1 Å². The lowest BCUT2D eigenvalue weighted by molar-refractivity contribution is -0.384. The molecule has 5 heteroatoms. The van der Waals surface area contributed by atoms with Crippen molar-refractivity contribution in [3.05, 3.63) is 113 Å². The van der Waals surface area contributed by atoms with Crippen molar-refractivity contribution in [2.45, 2.75) is 0 Å². The van der Waals surface area contributed by atoms with Crippen LogP contribution in [0.4, 0.5) is 11.4 Å². The molecule has 1 heterocycles. The Morgan fingerprint density at radius 3 is 1.68 bits per heavy atom. The second kappa shape index (κ2) is 7.72. The molecule has 5 nitrogen and oxygen atoms in total. The first-order valence-corrected chi connectivity index (χ1v) is 8.74. The maximum Gasteiger partial charge on any atom is 0.269 e. The van der Waals surface area contributed by atoms with E-state index in [-0.39, 0.29) is 5.69 Å². The van der Waals surface area contributed by atoms with Gasteiger partial charge >= 0.3 is 0 Å². The lowest BCUT2D eigenvalue weighted by Crippen LogP contribution is -2.01. The first-order valence-electron chi connectivity index (χ1n) is 8.74. The topological polar surface area (TPSA) is 68.6 Å². The second-order valence-corrected chi connectivity index (χ2v) is 6.16. The molecule has 0 unspecified atom stereocenters. The van der Waals surface area contributed by atoms with Gasteiger partial charge in [0.2, 0.25) is 0 Å². The minimum absolute atomic E-state index is 0.0389. The predicted octanol–water partition coefficient (Wildman–Crippen LogP) is 5.75. The molecule has 0 aliphatic heterocycles. The summed E-state index contributed by atoms with van der Waals surface area (Å²) in [5, 5.41) is 11.5. The van der Waals surface area contributed by atoms with Crippen LogP contribution in [0.5, 0.6) is 0 Å². The van der Waals surface area contributed by atoms with Gasteiger partial charge in [0.25, 0.3) is 5.69 Å². The first-order chi connectivity index (χ1) is 13.7. The van der Waals surface area contributed by atoms with Gasteiger partial charge in [-0.05, 0) is 12.1 Å². The Bertz CT molecular complexity index is 1110. The van der Waals surface area contributed by atoms with Crippen molar-refractivity contribution in [1.29, 1.82) is 0 Å². The molecule has 4 aromatic rings. The minimum Gasteiger partial charge on any atom is -0.456 e.